The highest BCUT2D eigenvalue weighted by molar-refractivity contribution is 5.99. The molecule has 1 fully saturated rings. The molecule has 1 amide bonds. The van der Waals surface area contributed by atoms with Crippen LogP contribution in [-0.2, 0) is 0 Å². The van der Waals surface area contributed by atoms with Gasteiger partial charge in [-0.2, -0.15) is 0 Å². The van der Waals surface area contributed by atoms with Gasteiger partial charge >= 0.3 is 0 Å². The average molecular weight is 276 g/mol. The Balaban J connectivity index is 2.24. The molecule has 1 aliphatic heterocycles. The van der Waals surface area contributed by atoms with Gasteiger partial charge in [0.1, 0.15) is 0 Å². The number of nitrogen functional groups attached to an aromatic ring is 1. The van der Waals surface area contributed by atoms with Gasteiger partial charge in [-0.05, 0) is 38.7 Å². The molecular weight excluding hydrogens is 252 g/mol. The second kappa shape index (κ2) is 6.70. The van der Waals surface area contributed by atoms with Gasteiger partial charge in [-0.25, -0.2) is 0 Å². The summed E-state index contributed by atoms with van der Waals surface area (Å²) < 4.78 is 0. The fourth-order valence-corrected chi connectivity index (χ4v) is 2.91. The number of aromatic nitrogens is 1. The van der Waals surface area contributed by atoms with E-state index in [2.05, 4.69) is 17.3 Å². The molecule has 1 aromatic heterocycles. The highest BCUT2D eigenvalue weighted by Crippen LogP contribution is 2.25. The fraction of sp³-hybridized carbons (Fsp3) is 0.600. The summed E-state index contributed by atoms with van der Waals surface area (Å²) in [5.41, 5.74) is 4.69. The van der Waals surface area contributed by atoms with Gasteiger partial charge < -0.3 is 10.3 Å². The topological polar surface area (TPSA) is 71.2 Å². The van der Waals surface area contributed by atoms with Crippen LogP contribution in [0.25, 0.3) is 0 Å². The summed E-state index contributed by atoms with van der Waals surface area (Å²) in [7, 11) is 0. The molecule has 0 saturated carbocycles. The molecule has 3 N–H and O–H groups in total. The third kappa shape index (κ3) is 3.10. The highest BCUT2D eigenvalue weighted by Gasteiger charge is 2.28. The van der Waals surface area contributed by atoms with Crippen LogP contribution in [0.2, 0.25) is 0 Å². The minimum absolute atomic E-state index is 0.0450. The van der Waals surface area contributed by atoms with E-state index in [1.54, 1.807) is 6.20 Å². The third-order valence-electron chi connectivity index (χ3n) is 3.94. The van der Waals surface area contributed by atoms with Crippen molar-refractivity contribution in [1.82, 2.24) is 9.88 Å². The van der Waals surface area contributed by atoms with E-state index in [-0.39, 0.29) is 5.91 Å². The minimum atomic E-state index is 0.0450. The molecule has 1 atom stereocenters. The van der Waals surface area contributed by atoms with Gasteiger partial charge in [0.2, 0.25) is 0 Å². The zero-order chi connectivity index (χ0) is 14.5. The van der Waals surface area contributed by atoms with Crippen LogP contribution in [-0.4, -0.2) is 28.4 Å². The lowest BCUT2D eigenvalue weighted by molar-refractivity contribution is 0.0601. The number of nitrogens with two attached hydrogens (primary N) is 1. The number of aryl methyl sites for hydroxylation is 1. The van der Waals surface area contributed by atoms with Crippen LogP contribution in [0.3, 0.4) is 0 Å². The van der Waals surface area contributed by atoms with Crippen LogP contribution in [0.15, 0.2) is 12.3 Å². The molecule has 110 valence electrons. The van der Waals surface area contributed by atoms with E-state index in [4.69, 9.17) is 5.84 Å². The summed E-state index contributed by atoms with van der Waals surface area (Å²) in [4.78, 5) is 19.0. The number of amides is 1. The second-order valence-corrected chi connectivity index (χ2v) is 5.45. The molecule has 0 aromatic carbocycles. The Morgan fingerprint density at radius 1 is 1.55 bits per heavy atom. The largest absolute Gasteiger partial charge is 0.336 e. The predicted octanol–water partition coefficient (Wildman–Crippen LogP) is 2.47. The molecule has 2 heterocycles. The van der Waals surface area contributed by atoms with Crippen molar-refractivity contribution >= 4 is 11.6 Å². The molecule has 5 heteroatoms. The van der Waals surface area contributed by atoms with Crippen LogP contribution in [0.1, 0.15) is 55.1 Å². The summed E-state index contributed by atoms with van der Waals surface area (Å²) in [6, 6.07) is 2.17. The molecule has 2 rings (SSSR count). The Morgan fingerprint density at radius 2 is 2.35 bits per heavy atom. The van der Waals surface area contributed by atoms with Crippen molar-refractivity contribution in [1.29, 1.82) is 0 Å². The molecule has 0 aliphatic carbocycles. The summed E-state index contributed by atoms with van der Waals surface area (Å²) >= 11 is 0. The molecule has 0 bridgehead atoms. The maximum atomic E-state index is 12.8. The van der Waals surface area contributed by atoms with Crippen molar-refractivity contribution in [2.24, 2.45) is 5.84 Å². The standard InChI is InChI=1S/C15H24N4O/c1-3-6-12-7-4-5-8-19(12)15(20)13-10-17-11(2)9-14(13)18-16/h9-10,12H,3-8,16H2,1-2H3,(H,17,18). The summed E-state index contributed by atoms with van der Waals surface area (Å²) in [6.45, 7) is 4.88. The fourth-order valence-electron chi connectivity index (χ4n) is 2.91. The first-order valence-corrected chi connectivity index (χ1v) is 7.41. The number of nitrogens with one attached hydrogen (secondary N) is 1. The SMILES string of the molecule is CCCC1CCCCN1C(=O)c1cnc(C)cc1NN. The number of carbonyl (C=O) groups is 1. The van der Waals surface area contributed by atoms with E-state index >= 15 is 0 Å². The van der Waals surface area contributed by atoms with Gasteiger partial charge in [0.15, 0.2) is 0 Å². The van der Waals surface area contributed by atoms with Crippen LogP contribution in [0.4, 0.5) is 5.69 Å². The van der Waals surface area contributed by atoms with E-state index in [9.17, 15) is 4.79 Å². The summed E-state index contributed by atoms with van der Waals surface area (Å²) in [5, 5.41) is 0. The van der Waals surface area contributed by atoms with Crippen LogP contribution >= 0.6 is 0 Å². The van der Waals surface area contributed by atoms with E-state index in [1.807, 2.05) is 17.9 Å². The van der Waals surface area contributed by atoms with Crippen molar-refractivity contribution in [2.45, 2.75) is 52.0 Å². The Morgan fingerprint density at radius 3 is 3.05 bits per heavy atom. The summed E-state index contributed by atoms with van der Waals surface area (Å²) in [6.07, 6.45) is 7.19. The van der Waals surface area contributed by atoms with Crippen molar-refractivity contribution in [3.05, 3.63) is 23.5 Å². The van der Waals surface area contributed by atoms with Crippen molar-refractivity contribution < 1.29 is 4.79 Å². The molecule has 1 aliphatic rings. The number of pyridine rings is 1. The number of hydrogen-bond donors (Lipinski definition) is 2. The Kier molecular flexibility index (Phi) is 4.95. The normalized spacial score (nSPS) is 18.9. The molecule has 0 radical (unpaired) electrons. The van der Waals surface area contributed by atoms with Gasteiger partial charge in [0.05, 0.1) is 11.3 Å². The zero-order valence-corrected chi connectivity index (χ0v) is 12.4. The van der Waals surface area contributed by atoms with Gasteiger partial charge in [0, 0.05) is 24.5 Å². The monoisotopic (exact) mass is 276 g/mol. The van der Waals surface area contributed by atoms with Gasteiger partial charge in [-0.1, -0.05) is 13.3 Å². The Bertz CT molecular complexity index is 473. The quantitative estimate of drug-likeness (QED) is 0.654. The number of hydrogen-bond acceptors (Lipinski definition) is 4. The second-order valence-electron chi connectivity index (χ2n) is 5.45. The predicted molar refractivity (Wildman–Crippen MR) is 80.4 cm³/mol. The number of piperidine rings is 1. The number of nitrogens with zero attached hydrogens (tertiary/aromatic N) is 2. The van der Waals surface area contributed by atoms with E-state index in [0.717, 1.165) is 37.9 Å². The van der Waals surface area contributed by atoms with Crippen molar-refractivity contribution in [2.75, 3.05) is 12.0 Å². The average Bonchev–Trinajstić information content (AvgIpc) is 2.47. The number of likely N-dealkylation sites (tertiary alicyclic amines) is 1. The first kappa shape index (κ1) is 14.8. The maximum Gasteiger partial charge on any atom is 0.257 e. The van der Waals surface area contributed by atoms with Crippen molar-refractivity contribution in [3.63, 3.8) is 0 Å². The lowest BCUT2D eigenvalue weighted by Crippen LogP contribution is -2.44. The Labute approximate surface area is 120 Å². The van der Waals surface area contributed by atoms with Crippen LogP contribution in [0, 0.1) is 6.92 Å². The first-order valence-electron chi connectivity index (χ1n) is 7.41. The molecule has 20 heavy (non-hydrogen) atoms. The molecular formula is C15H24N4O. The smallest absolute Gasteiger partial charge is 0.257 e. The minimum Gasteiger partial charge on any atom is -0.336 e. The van der Waals surface area contributed by atoms with Gasteiger partial charge in [0.25, 0.3) is 5.91 Å². The third-order valence-corrected chi connectivity index (χ3v) is 3.94. The van der Waals surface area contributed by atoms with Gasteiger partial charge in [-0.3, -0.25) is 15.6 Å². The Hall–Kier alpha value is -1.62. The molecule has 1 unspecified atom stereocenters. The van der Waals surface area contributed by atoms with Crippen LogP contribution < -0.4 is 11.3 Å². The number of rotatable bonds is 4. The van der Waals surface area contributed by atoms with E-state index < -0.39 is 0 Å². The molecule has 1 saturated heterocycles. The maximum absolute atomic E-state index is 12.8. The highest BCUT2D eigenvalue weighted by atomic mass is 16.2. The number of anilines is 1. The van der Waals surface area contributed by atoms with E-state index in [0.29, 0.717) is 17.3 Å². The molecule has 1 aromatic rings. The molecule has 0 spiro atoms. The molecule has 5 nitrogen and oxygen atoms in total. The lowest BCUT2D eigenvalue weighted by atomic mass is 9.97. The van der Waals surface area contributed by atoms with E-state index in [1.165, 1.54) is 6.42 Å². The van der Waals surface area contributed by atoms with Gasteiger partial charge in [-0.15, -0.1) is 0 Å². The van der Waals surface area contributed by atoms with Crippen LogP contribution in [0.5, 0.6) is 0 Å². The zero-order valence-electron chi connectivity index (χ0n) is 12.4. The number of hydrazine groups is 1. The summed E-state index contributed by atoms with van der Waals surface area (Å²) in [5.74, 6) is 5.58. The number of carbonyl (C=O) groups excluding carboxylic acids is 1. The lowest BCUT2D eigenvalue weighted by Gasteiger charge is -2.36. The first-order chi connectivity index (χ1) is 9.67. The van der Waals surface area contributed by atoms with Crippen molar-refractivity contribution in [3.8, 4) is 0 Å².